The Bertz CT molecular complexity index is 977. The van der Waals surface area contributed by atoms with Crippen molar-refractivity contribution in [1.82, 2.24) is 15.3 Å². The predicted octanol–water partition coefficient (Wildman–Crippen LogP) is 1.53. The van der Waals surface area contributed by atoms with Gasteiger partial charge in [0.2, 0.25) is 0 Å². The van der Waals surface area contributed by atoms with E-state index in [1.165, 1.54) is 7.05 Å². The summed E-state index contributed by atoms with van der Waals surface area (Å²) < 4.78 is 0. The zero-order valence-electron chi connectivity index (χ0n) is 12.8. The average molecular weight is 322 g/mol. The summed E-state index contributed by atoms with van der Waals surface area (Å²) in [6.07, 6.45) is 0. The van der Waals surface area contributed by atoms with E-state index in [0.29, 0.717) is 22.3 Å². The lowest BCUT2D eigenvalue weighted by Crippen LogP contribution is -2.25. The molecule has 0 spiro atoms. The quantitative estimate of drug-likeness (QED) is 0.680. The van der Waals surface area contributed by atoms with E-state index in [2.05, 4.69) is 20.6 Å². The van der Waals surface area contributed by atoms with E-state index >= 15 is 0 Å². The zero-order valence-corrected chi connectivity index (χ0v) is 12.8. The van der Waals surface area contributed by atoms with Crippen molar-refractivity contribution in [2.24, 2.45) is 0 Å². The molecule has 0 aliphatic heterocycles. The predicted molar refractivity (Wildman–Crippen MR) is 90.1 cm³/mol. The van der Waals surface area contributed by atoms with Gasteiger partial charge in [-0.15, -0.1) is 0 Å². The minimum Gasteiger partial charge on any atom is -0.355 e. The van der Waals surface area contributed by atoms with Crippen molar-refractivity contribution in [3.8, 4) is 0 Å². The van der Waals surface area contributed by atoms with Gasteiger partial charge in [0.25, 0.3) is 17.4 Å². The summed E-state index contributed by atoms with van der Waals surface area (Å²) in [5, 5.41) is 5.10. The average Bonchev–Trinajstić information content (AvgIpc) is 2.61. The van der Waals surface area contributed by atoms with Crippen LogP contribution in [0.4, 0.5) is 5.69 Å². The van der Waals surface area contributed by atoms with Gasteiger partial charge >= 0.3 is 0 Å². The number of fused-ring (bicyclic) bond motifs is 1. The van der Waals surface area contributed by atoms with E-state index in [1.54, 1.807) is 48.5 Å². The zero-order chi connectivity index (χ0) is 17.1. The molecule has 0 saturated carbocycles. The Hall–Kier alpha value is -3.48. The van der Waals surface area contributed by atoms with Crippen LogP contribution in [0.5, 0.6) is 0 Å². The molecule has 120 valence electrons. The lowest BCUT2D eigenvalue weighted by Gasteiger charge is -2.06. The maximum atomic E-state index is 12.3. The number of aromatic amines is 1. The van der Waals surface area contributed by atoms with Gasteiger partial charge < -0.3 is 15.6 Å². The van der Waals surface area contributed by atoms with Crippen LogP contribution in [-0.2, 0) is 0 Å². The monoisotopic (exact) mass is 322 g/mol. The smallest absolute Gasteiger partial charge is 0.280 e. The Morgan fingerprint density at radius 2 is 1.71 bits per heavy atom. The fraction of sp³-hybridized carbons (Fsp3) is 0.0588. The van der Waals surface area contributed by atoms with Gasteiger partial charge in [-0.2, -0.15) is 0 Å². The Balaban J connectivity index is 1.86. The van der Waals surface area contributed by atoms with Gasteiger partial charge in [0.15, 0.2) is 5.69 Å². The van der Waals surface area contributed by atoms with Crippen molar-refractivity contribution >= 4 is 28.5 Å². The SMILES string of the molecule is CNC(=O)c1ccc(NC(=O)c2nc3ccccc3[nH]c2=O)cc1. The molecule has 1 heterocycles. The van der Waals surface area contributed by atoms with E-state index in [1.807, 2.05) is 0 Å². The number of rotatable bonds is 3. The van der Waals surface area contributed by atoms with Crippen LogP contribution in [-0.4, -0.2) is 28.8 Å². The van der Waals surface area contributed by atoms with Gasteiger partial charge in [-0.3, -0.25) is 14.4 Å². The molecule has 3 aromatic rings. The molecule has 0 fully saturated rings. The second-order valence-electron chi connectivity index (χ2n) is 5.04. The molecular formula is C17H14N4O3. The first-order chi connectivity index (χ1) is 11.6. The molecule has 7 heteroatoms. The molecular weight excluding hydrogens is 308 g/mol. The van der Waals surface area contributed by atoms with Crippen LogP contribution in [0.3, 0.4) is 0 Å². The van der Waals surface area contributed by atoms with Crippen LogP contribution in [0, 0.1) is 0 Å². The van der Waals surface area contributed by atoms with E-state index in [9.17, 15) is 14.4 Å². The second kappa shape index (κ2) is 6.33. The standard InChI is InChI=1S/C17H14N4O3/c1-18-15(22)10-6-8-11(9-7-10)19-16(23)14-17(24)21-13-5-3-2-4-12(13)20-14/h2-9H,1H3,(H,18,22)(H,19,23)(H,21,24). The number of carbonyl (C=O) groups is 2. The number of aromatic nitrogens is 2. The number of anilines is 1. The summed E-state index contributed by atoms with van der Waals surface area (Å²) in [5.74, 6) is -0.838. The molecule has 7 nitrogen and oxygen atoms in total. The third-order valence-electron chi connectivity index (χ3n) is 3.45. The normalized spacial score (nSPS) is 10.4. The summed E-state index contributed by atoms with van der Waals surface area (Å²) in [4.78, 5) is 42.5. The Labute approximate surface area is 136 Å². The number of carbonyl (C=O) groups excluding carboxylic acids is 2. The van der Waals surface area contributed by atoms with Crippen LogP contribution in [0.1, 0.15) is 20.8 Å². The van der Waals surface area contributed by atoms with E-state index in [-0.39, 0.29) is 11.6 Å². The topological polar surface area (TPSA) is 104 Å². The Kier molecular flexibility index (Phi) is 4.07. The number of hydrogen-bond acceptors (Lipinski definition) is 4. The molecule has 0 saturated heterocycles. The number of benzene rings is 2. The molecule has 24 heavy (non-hydrogen) atoms. The minimum atomic E-state index is -0.616. The maximum Gasteiger partial charge on any atom is 0.280 e. The third-order valence-corrected chi connectivity index (χ3v) is 3.45. The fourth-order valence-corrected chi connectivity index (χ4v) is 2.22. The molecule has 3 N–H and O–H groups in total. The number of H-pyrrole nitrogens is 1. The molecule has 0 unspecified atom stereocenters. The minimum absolute atomic E-state index is 0.218. The first kappa shape index (κ1) is 15.4. The highest BCUT2D eigenvalue weighted by Gasteiger charge is 2.14. The Morgan fingerprint density at radius 3 is 2.42 bits per heavy atom. The van der Waals surface area contributed by atoms with Crippen molar-refractivity contribution in [3.63, 3.8) is 0 Å². The molecule has 1 aromatic heterocycles. The number of amides is 2. The van der Waals surface area contributed by atoms with Crippen LogP contribution >= 0.6 is 0 Å². The fourth-order valence-electron chi connectivity index (χ4n) is 2.22. The van der Waals surface area contributed by atoms with Crippen molar-refractivity contribution in [2.75, 3.05) is 12.4 Å². The summed E-state index contributed by atoms with van der Waals surface area (Å²) in [5.41, 5.74) is 1.24. The Morgan fingerprint density at radius 1 is 1.00 bits per heavy atom. The van der Waals surface area contributed by atoms with Gasteiger partial charge in [-0.25, -0.2) is 4.98 Å². The number of nitrogens with zero attached hydrogens (tertiary/aromatic N) is 1. The highest BCUT2D eigenvalue weighted by Crippen LogP contribution is 2.11. The summed E-state index contributed by atoms with van der Waals surface area (Å²) in [6, 6.07) is 13.3. The summed E-state index contributed by atoms with van der Waals surface area (Å²) >= 11 is 0. The molecule has 2 aromatic carbocycles. The molecule has 0 aliphatic carbocycles. The third kappa shape index (κ3) is 3.00. The van der Waals surface area contributed by atoms with Crippen molar-refractivity contribution in [1.29, 1.82) is 0 Å². The first-order valence-electron chi connectivity index (χ1n) is 7.21. The van der Waals surface area contributed by atoms with E-state index in [4.69, 9.17) is 0 Å². The van der Waals surface area contributed by atoms with Gasteiger partial charge in [0.05, 0.1) is 11.0 Å². The van der Waals surface area contributed by atoms with Crippen molar-refractivity contribution in [3.05, 3.63) is 70.1 Å². The highest BCUT2D eigenvalue weighted by molar-refractivity contribution is 6.03. The number of hydrogen-bond donors (Lipinski definition) is 3. The lowest BCUT2D eigenvalue weighted by molar-refractivity contribution is 0.0962. The molecule has 0 radical (unpaired) electrons. The van der Waals surface area contributed by atoms with E-state index < -0.39 is 11.5 Å². The van der Waals surface area contributed by atoms with Crippen molar-refractivity contribution in [2.45, 2.75) is 0 Å². The first-order valence-corrected chi connectivity index (χ1v) is 7.21. The van der Waals surface area contributed by atoms with Crippen molar-refractivity contribution < 1.29 is 9.59 Å². The molecule has 2 amide bonds. The summed E-state index contributed by atoms with van der Waals surface area (Å²) in [7, 11) is 1.54. The van der Waals surface area contributed by atoms with E-state index in [0.717, 1.165) is 0 Å². The largest absolute Gasteiger partial charge is 0.355 e. The summed E-state index contributed by atoms with van der Waals surface area (Å²) in [6.45, 7) is 0. The van der Waals surface area contributed by atoms with Crippen LogP contribution < -0.4 is 16.2 Å². The number of para-hydroxylation sites is 2. The molecule has 0 atom stereocenters. The second-order valence-corrected chi connectivity index (χ2v) is 5.04. The maximum absolute atomic E-state index is 12.3. The van der Waals surface area contributed by atoms with Gasteiger partial charge in [-0.05, 0) is 36.4 Å². The van der Waals surface area contributed by atoms with Gasteiger partial charge in [0.1, 0.15) is 0 Å². The van der Waals surface area contributed by atoms with Crippen LogP contribution in [0.25, 0.3) is 11.0 Å². The lowest BCUT2D eigenvalue weighted by atomic mass is 10.2. The molecule has 3 rings (SSSR count). The molecule has 0 bridgehead atoms. The van der Waals surface area contributed by atoms with Crippen LogP contribution in [0.2, 0.25) is 0 Å². The number of nitrogens with one attached hydrogen (secondary N) is 3. The van der Waals surface area contributed by atoms with Gasteiger partial charge in [-0.1, -0.05) is 12.1 Å². The van der Waals surface area contributed by atoms with Crippen LogP contribution in [0.15, 0.2) is 53.3 Å². The highest BCUT2D eigenvalue weighted by atomic mass is 16.2. The molecule has 0 aliphatic rings. The van der Waals surface area contributed by atoms with Gasteiger partial charge in [0, 0.05) is 18.3 Å².